The van der Waals surface area contributed by atoms with Crippen LogP contribution >= 0.6 is 0 Å². The van der Waals surface area contributed by atoms with E-state index < -0.39 is 81.1 Å². The minimum absolute atomic E-state index is 0. The average molecular weight is 1150 g/mol. The second-order valence-electron chi connectivity index (χ2n) is 21.9. The molecule has 81 heavy (non-hydrogen) atoms. The SMILES string of the molecule is C.C.C[C@@H](OCC1(c2ccccc2)CC(CN2CCCC2=O)(NCc2ccccc2)C1)c1cc(C(F)(F)F)cc(C(F)(F)F)c1.C[C@@H](OCC1(c2ccccc2)CC(N)(CN2CCCC2=O)C1)c1cc(C(F)(F)F)cc(C(F)(F)F)c1. The van der Waals surface area contributed by atoms with Crippen molar-refractivity contribution in [2.24, 2.45) is 5.73 Å². The van der Waals surface area contributed by atoms with E-state index in [1.165, 1.54) is 13.8 Å². The van der Waals surface area contributed by atoms with Gasteiger partial charge in [0, 0.05) is 67.5 Å². The molecule has 3 N–H and O–H groups in total. The van der Waals surface area contributed by atoms with Gasteiger partial charge in [-0.05, 0) is 117 Å². The van der Waals surface area contributed by atoms with E-state index in [0.717, 1.165) is 41.7 Å². The number of hydrogen-bond acceptors (Lipinski definition) is 6. The van der Waals surface area contributed by atoms with Gasteiger partial charge >= 0.3 is 24.7 Å². The topological polar surface area (TPSA) is 97.1 Å². The highest BCUT2D eigenvalue weighted by molar-refractivity contribution is 5.78. The number of hydrogen-bond donors (Lipinski definition) is 2. The molecule has 4 aliphatic rings. The number of halogens is 12. The molecular weight excluding hydrogens is 1080 g/mol. The third-order valence-electron chi connectivity index (χ3n) is 15.7. The maximum absolute atomic E-state index is 13.5. The van der Waals surface area contributed by atoms with Crippen molar-refractivity contribution in [2.45, 2.75) is 145 Å². The molecule has 0 spiro atoms. The Kier molecular flexibility index (Phi) is 19.7. The number of carbonyl (C=O) groups excluding carboxylic acids is 2. The van der Waals surface area contributed by atoms with Gasteiger partial charge < -0.3 is 30.3 Å². The number of nitrogens with zero attached hydrogens (tertiary/aromatic N) is 2. The second-order valence-corrected chi connectivity index (χ2v) is 21.9. The molecule has 2 saturated carbocycles. The number of nitrogens with two attached hydrogens (primary N) is 1. The summed E-state index contributed by atoms with van der Waals surface area (Å²) in [5.74, 6) is 0.167. The van der Waals surface area contributed by atoms with E-state index in [4.69, 9.17) is 15.2 Å². The van der Waals surface area contributed by atoms with Gasteiger partial charge in [-0.25, -0.2) is 0 Å². The molecule has 2 atom stereocenters. The Morgan fingerprint density at radius 3 is 1.21 bits per heavy atom. The molecule has 442 valence electrons. The standard InChI is InChI=1S/C33H34F6N2O2.C26H28F6N2O2.2CH4/c1-23(25-15-27(32(34,35)36)17-28(16-25)33(37,38)39)43-22-30(26-11-6-3-7-12-26)19-31(20-30,21-41-14-8-13-29(41)42)40-18-24-9-4-2-5-10-24;1-17(18-10-20(25(27,28)29)12-21(11-18)26(30,31)32)36-16-23(19-6-3-2-4-7-19)13-24(33,14-23)15-34-9-5-8-22(34)35;;/h2-7,9-12,15-17,23,40H,8,13-14,18-22H2,1H3;2-4,6-7,10-12,17H,5,8-9,13-16,33H2,1H3;2*1H4/t23-,30?,31?;17-,23?,24?;;/m11../s1. The third kappa shape index (κ3) is 15.4. The van der Waals surface area contributed by atoms with Crippen LogP contribution < -0.4 is 11.1 Å². The Labute approximate surface area is 465 Å². The Balaban J connectivity index is 0.000000258. The molecule has 5 aromatic rings. The molecule has 0 bridgehead atoms. The summed E-state index contributed by atoms with van der Waals surface area (Å²) in [6, 6.07) is 31.9. The van der Waals surface area contributed by atoms with Crippen LogP contribution in [0, 0.1) is 0 Å². The van der Waals surface area contributed by atoms with Crippen molar-refractivity contribution in [3.05, 3.63) is 177 Å². The first-order valence-electron chi connectivity index (χ1n) is 26.1. The van der Waals surface area contributed by atoms with Crippen LogP contribution in [0.2, 0.25) is 0 Å². The van der Waals surface area contributed by atoms with Gasteiger partial charge in [0.15, 0.2) is 0 Å². The first kappa shape index (κ1) is 64.2. The van der Waals surface area contributed by atoms with Gasteiger partial charge in [-0.2, -0.15) is 52.7 Å². The zero-order valence-corrected chi connectivity index (χ0v) is 43.5. The van der Waals surface area contributed by atoms with E-state index in [1.807, 2.05) is 95.9 Å². The predicted octanol–water partition coefficient (Wildman–Crippen LogP) is 14.8. The Morgan fingerprint density at radius 2 is 0.864 bits per heavy atom. The molecular formula is C61H70F12N4O4. The Morgan fingerprint density at radius 1 is 0.519 bits per heavy atom. The lowest BCUT2D eigenvalue weighted by molar-refractivity contribution is -0.145. The van der Waals surface area contributed by atoms with Gasteiger partial charge in [-0.3, -0.25) is 9.59 Å². The van der Waals surface area contributed by atoms with Crippen LogP contribution in [0.25, 0.3) is 0 Å². The number of benzene rings is 5. The predicted molar refractivity (Wildman–Crippen MR) is 284 cm³/mol. The molecule has 2 aliphatic carbocycles. The van der Waals surface area contributed by atoms with Crippen molar-refractivity contribution >= 4 is 11.8 Å². The van der Waals surface area contributed by atoms with Gasteiger partial charge in [0.25, 0.3) is 0 Å². The fraction of sp³-hybridized carbons (Fsp3) is 0.475. The number of ether oxygens (including phenoxy) is 2. The summed E-state index contributed by atoms with van der Waals surface area (Å²) in [7, 11) is 0. The first-order chi connectivity index (χ1) is 37.0. The molecule has 9 rings (SSSR count). The number of rotatable bonds is 17. The average Bonchev–Trinajstić information content (AvgIpc) is 4.14. The zero-order chi connectivity index (χ0) is 57.2. The van der Waals surface area contributed by atoms with Crippen LogP contribution in [0.4, 0.5) is 52.7 Å². The number of amides is 2. The molecule has 4 fully saturated rings. The summed E-state index contributed by atoms with van der Waals surface area (Å²) >= 11 is 0. The van der Waals surface area contributed by atoms with Gasteiger partial charge in [0.2, 0.25) is 11.8 Å². The largest absolute Gasteiger partial charge is 0.416 e. The van der Waals surface area contributed by atoms with E-state index in [9.17, 15) is 62.3 Å². The molecule has 2 amide bonds. The molecule has 0 aromatic heterocycles. The summed E-state index contributed by atoms with van der Waals surface area (Å²) in [5.41, 5.74) is 1.48. The lowest BCUT2D eigenvalue weighted by Crippen LogP contribution is -2.68. The van der Waals surface area contributed by atoms with Gasteiger partial charge in [0.1, 0.15) is 0 Å². The lowest BCUT2D eigenvalue weighted by Gasteiger charge is -2.58. The molecule has 0 unspecified atom stereocenters. The van der Waals surface area contributed by atoms with Gasteiger partial charge in [-0.15, -0.1) is 0 Å². The van der Waals surface area contributed by atoms with E-state index in [-0.39, 0.29) is 63.1 Å². The van der Waals surface area contributed by atoms with Crippen molar-refractivity contribution in [1.82, 2.24) is 15.1 Å². The van der Waals surface area contributed by atoms with Gasteiger partial charge in [-0.1, -0.05) is 106 Å². The molecule has 2 heterocycles. The van der Waals surface area contributed by atoms with Gasteiger partial charge in [0.05, 0.1) is 47.7 Å². The van der Waals surface area contributed by atoms with Crippen LogP contribution in [0.15, 0.2) is 127 Å². The van der Waals surface area contributed by atoms with Crippen molar-refractivity contribution in [2.75, 3.05) is 39.4 Å². The Bertz CT molecular complexity index is 2820. The highest BCUT2D eigenvalue weighted by Gasteiger charge is 2.57. The molecule has 5 aromatic carbocycles. The summed E-state index contributed by atoms with van der Waals surface area (Å²) in [6.07, 6.45) is -17.1. The maximum atomic E-state index is 13.5. The molecule has 2 saturated heterocycles. The highest BCUT2D eigenvalue weighted by atomic mass is 19.4. The van der Waals surface area contributed by atoms with Crippen LogP contribution in [0.5, 0.6) is 0 Å². The van der Waals surface area contributed by atoms with Crippen LogP contribution in [0.1, 0.15) is 142 Å². The summed E-state index contributed by atoms with van der Waals surface area (Å²) in [6.45, 7) is 5.86. The van der Waals surface area contributed by atoms with Crippen LogP contribution in [-0.4, -0.2) is 72.1 Å². The Hall–Kier alpha value is -5.96. The zero-order valence-electron chi connectivity index (χ0n) is 43.5. The summed E-state index contributed by atoms with van der Waals surface area (Å²) < 4.78 is 173. The van der Waals surface area contributed by atoms with E-state index in [1.54, 1.807) is 4.90 Å². The van der Waals surface area contributed by atoms with Crippen molar-refractivity contribution in [3.8, 4) is 0 Å². The molecule has 2 aliphatic heterocycles. The summed E-state index contributed by atoms with van der Waals surface area (Å²) in [5, 5.41) is 3.69. The number of carbonyl (C=O) groups is 2. The van der Waals surface area contributed by atoms with E-state index in [0.29, 0.717) is 83.4 Å². The number of nitrogens with one attached hydrogen (secondary N) is 1. The van der Waals surface area contributed by atoms with Crippen molar-refractivity contribution in [1.29, 1.82) is 0 Å². The molecule has 8 nitrogen and oxygen atoms in total. The molecule has 20 heteroatoms. The highest BCUT2D eigenvalue weighted by Crippen LogP contribution is 2.53. The van der Waals surface area contributed by atoms with Crippen LogP contribution in [-0.2, 0) is 61.1 Å². The lowest BCUT2D eigenvalue weighted by atomic mass is 9.54. The maximum Gasteiger partial charge on any atom is 0.416 e. The quantitative estimate of drug-likeness (QED) is 0.0901. The minimum atomic E-state index is -4.94. The van der Waals surface area contributed by atoms with E-state index >= 15 is 0 Å². The fourth-order valence-electron chi connectivity index (χ4n) is 11.9. The molecule has 0 radical (unpaired) electrons. The third-order valence-corrected chi connectivity index (χ3v) is 15.7. The number of likely N-dealkylation sites (tertiary alicyclic amines) is 2. The fourth-order valence-corrected chi connectivity index (χ4v) is 11.9. The normalized spacial score (nSPS) is 23.8. The minimum Gasteiger partial charge on any atom is -0.373 e. The number of alkyl halides is 12. The second kappa shape index (κ2) is 24.9. The summed E-state index contributed by atoms with van der Waals surface area (Å²) in [4.78, 5) is 28.3. The monoisotopic (exact) mass is 1150 g/mol. The van der Waals surface area contributed by atoms with Crippen molar-refractivity contribution in [3.63, 3.8) is 0 Å². The van der Waals surface area contributed by atoms with Crippen molar-refractivity contribution < 1.29 is 71.7 Å². The van der Waals surface area contributed by atoms with E-state index in [2.05, 4.69) is 5.32 Å². The van der Waals surface area contributed by atoms with Crippen LogP contribution in [0.3, 0.4) is 0 Å². The smallest absolute Gasteiger partial charge is 0.373 e. The first-order valence-corrected chi connectivity index (χ1v) is 26.1.